The highest BCUT2D eigenvalue weighted by Gasteiger charge is 2.42. The molecule has 3 aliphatic rings. The predicted molar refractivity (Wildman–Crippen MR) is 80.7 cm³/mol. The fraction of sp³-hybridized carbons (Fsp3) is 0.812. The normalized spacial score (nSPS) is 26.7. The van der Waals surface area contributed by atoms with Crippen molar-refractivity contribution < 1.29 is 14.2 Å². The fourth-order valence-electron chi connectivity index (χ4n) is 3.95. The molecule has 6 nitrogen and oxygen atoms in total. The number of fused-ring (bicyclic) bond motifs is 2. The van der Waals surface area contributed by atoms with Gasteiger partial charge in [-0.2, -0.15) is 5.10 Å². The summed E-state index contributed by atoms with van der Waals surface area (Å²) in [4.78, 5) is 2.53. The number of aromatic nitrogens is 2. The zero-order valence-electron chi connectivity index (χ0n) is 13.1. The summed E-state index contributed by atoms with van der Waals surface area (Å²) in [5, 5.41) is 7.41. The molecule has 0 amide bonds. The van der Waals surface area contributed by atoms with Gasteiger partial charge in [-0.05, 0) is 24.8 Å². The molecule has 0 atom stereocenters. The Labute approximate surface area is 131 Å². The van der Waals surface area contributed by atoms with Gasteiger partial charge in [0.25, 0.3) is 0 Å². The molecule has 2 fully saturated rings. The number of hydrogen-bond acceptors (Lipinski definition) is 5. The van der Waals surface area contributed by atoms with E-state index in [1.54, 1.807) is 0 Å². The molecule has 4 heterocycles. The first-order valence-electron chi connectivity index (χ1n) is 8.40. The van der Waals surface area contributed by atoms with Crippen molar-refractivity contribution in [2.24, 2.45) is 5.92 Å². The monoisotopic (exact) mass is 307 g/mol. The maximum atomic E-state index is 6.20. The summed E-state index contributed by atoms with van der Waals surface area (Å²) in [6.07, 6.45) is 5.02. The quantitative estimate of drug-likeness (QED) is 0.881. The lowest BCUT2D eigenvalue weighted by Crippen LogP contribution is -2.48. The topological polar surface area (TPSA) is 59.6 Å². The van der Waals surface area contributed by atoms with E-state index >= 15 is 0 Å². The fourth-order valence-corrected chi connectivity index (χ4v) is 3.95. The number of likely N-dealkylation sites (tertiary alicyclic amines) is 1. The third-order valence-electron chi connectivity index (χ3n) is 5.18. The Morgan fingerprint density at radius 2 is 1.95 bits per heavy atom. The van der Waals surface area contributed by atoms with Crippen molar-refractivity contribution in [2.45, 2.75) is 24.9 Å². The zero-order valence-corrected chi connectivity index (χ0v) is 13.1. The summed E-state index contributed by atoms with van der Waals surface area (Å²) >= 11 is 0. The van der Waals surface area contributed by atoms with E-state index in [-0.39, 0.29) is 5.60 Å². The van der Waals surface area contributed by atoms with Crippen molar-refractivity contribution in [1.82, 2.24) is 15.1 Å². The standard InChI is InChI=1S/C16H25N3O3/c1-6-22-16(15-14(1)9-17-18-15)2-4-19(5-3-16)10-13-11-20-7-8-21-12-13/h9,13H,1-8,10-12H2,(H,17,18). The van der Waals surface area contributed by atoms with Crippen molar-refractivity contribution in [3.8, 4) is 0 Å². The molecule has 0 aromatic carbocycles. The van der Waals surface area contributed by atoms with E-state index in [0.717, 1.165) is 71.9 Å². The third kappa shape index (κ3) is 2.80. The molecule has 1 N–H and O–H groups in total. The Balaban J connectivity index is 1.37. The molecule has 1 aromatic rings. The number of H-pyrrole nitrogens is 1. The van der Waals surface area contributed by atoms with E-state index in [0.29, 0.717) is 5.92 Å². The van der Waals surface area contributed by atoms with Crippen LogP contribution < -0.4 is 0 Å². The Hall–Kier alpha value is -0.950. The van der Waals surface area contributed by atoms with Crippen molar-refractivity contribution >= 4 is 0 Å². The van der Waals surface area contributed by atoms with E-state index in [1.165, 1.54) is 11.3 Å². The van der Waals surface area contributed by atoms with E-state index in [2.05, 4.69) is 15.1 Å². The highest BCUT2D eigenvalue weighted by Crippen LogP contribution is 2.40. The Bertz CT molecular complexity index is 489. The van der Waals surface area contributed by atoms with Gasteiger partial charge in [0.15, 0.2) is 0 Å². The number of nitrogens with zero attached hydrogens (tertiary/aromatic N) is 2. The second kappa shape index (κ2) is 6.28. The van der Waals surface area contributed by atoms with Gasteiger partial charge < -0.3 is 19.1 Å². The van der Waals surface area contributed by atoms with Gasteiger partial charge in [0, 0.05) is 25.6 Å². The summed E-state index contributed by atoms with van der Waals surface area (Å²) in [5.41, 5.74) is 2.43. The van der Waals surface area contributed by atoms with Gasteiger partial charge in [0.1, 0.15) is 5.60 Å². The molecule has 0 bridgehead atoms. The molecule has 22 heavy (non-hydrogen) atoms. The molecular formula is C16H25N3O3. The molecule has 1 spiro atoms. The molecule has 122 valence electrons. The minimum absolute atomic E-state index is 0.128. The van der Waals surface area contributed by atoms with Gasteiger partial charge in [0.2, 0.25) is 0 Å². The Morgan fingerprint density at radius 1 is 1.18 bits per heavy atom. The summed E-state index contributed by atoms with van der Waals surface area (Å²) in [7, 11) is 0. The van der Waals surface area contributed by atoms with E-state index in [9.17, 15) is 0 Å². The molecule has 3 aliphatic heterocycles. The molecule has 4 rings (SSSR count). The van der Waals surface area contributed by atoms with Crippen molar-refractivity contribution in [2.75, 3.05) is 52.7 Å². The van der Waals surface area contributed by atoms with Gasteiger partial charge in [-0.15, -0.1) is 0 Å². The van der Waals surface area contributed by atoms with Crippen molar-refractivity contribution in [3.63, 3.8) is 0 Å². The summed E-state index contributed by atoms with van der Waals surface area (Å²) in [5.74, 6) is 0.492. The van der Waals surface area contributed by atoms with Gasteiger partial charge in [-0.3, -0.25) is 5.10 Å². The molecule has 2 saturated heterocycles. The van der Waals surface area contributed by atoms with Gasteiger partial charge in [-0.1, -0.05) is 0 Å². The first-order chi connectivity index (χ1) is 10.9. The zero-order chi connectivity index (χ0) is 14.8. The van der Waals surface area contributed by atoms with E-state index in [1.807, 2.05) is 6.20 Å². The largest absolute Gasteiger partial charge is 0.379 e. The van der Waals surface area contributed by atoms with Gasteiger partial charge >= 0.3 is 0 Å². The number of hydrogen-bond donors (Lipinski definition) is 1. The summed E-state index contributed by atoms with van der Waals surface area (Å²) in [6.45, 7) is 7.12. The van der Waals surface area contributed by atoms with Crippen LogP contribution in [-0.4, -0.2) is 67.8 Å². The average molecular weight is 307 g/mol. The molecule has 0 aliphatic carbocycles. The predicted octanol–water partition coefficient (Wildman–Crippen LogP) is 0.936. The number of ether oxygens (including phenoxy) is 3. The number of rotatable bonds is 2. The van der Waals surface area contributed by atoms with Crippen molar-refractivity contribution in [3.05, 3.63) is 17.5 Å². The second-order valence-corrected chi connectivity index (χ2v) is 6.68. The van der Waals surface area contributed by atoms with E-state index in [4.69, 9.17) is 14.2 Å². The molecule has 0 unspecified atom stereocenters. The van der Waals surface area contributed by atoms with Crippen LogP contribution in [0.5, 0.6) is 0 Å². The van der Waals surface area contributed by atoms with Crippen molar-refractivity contribution in [1.29, 1.82) is 0 Å². The summed E-state index contributed by atoms with van der Waals surface area (Å²) < 4.78 is 17.4. The van der Waals surface area contributed by atoms with Crippen LogP contribution in [0.25, 0.3) is 0 Å². The van der Waals surface area contributed by atoms with Crippen LogP contribution in [0.15, 0.2) is 6.20 Å². The van der Waals surface area contributed by atoms with E-state index < -0.39 is 0 Å². The van der Waals surface area contributed by atoms with Crippen LogP contribution in [-0.2, 0) is 26.2 Å². The van der Waals surface area contributed by atoms with Gasteiger partial charge in [0.05, 0.1) is 44.9 Å². The smallest absolute Gasteiger partial charge is 0.112 e. The van der Waals surface area contributed by atoms with Gasteiger partial charge in [-0.25, -0.2) is 0 Å². The highest BCUT2D eigenvalue weighted by molar-refractivity contribution is 5.26. The number of nitrogens with one attached hydrogen (secondary N) is 1. The third-order valence-corrected chi connectivity index (χ3v) is 5.18. The molecule has 1 aromatic heterocycles. The Morgan fingerprint density at radius 3 is 2.73 bits per heavy atom. The number of piperidine rings is 1. The maximum absolute atomic E-state index is 6.20. The maximum Gasteiger partial charge on any atom is 0.112 e. The van der Waals surface area contributed by atoms with Crippen LogP contribution in [0.2, 0.25) is 0 Å². The molecular weight excluding hydrogens is 282 g/mol. The minimum Gasteiger partial charge on any atom is -0.379 e. The summed E-state index contributed by atoms with van der Waals surface area (Å²) in [6, 6.07) is 0. The van der Waals surface area contributed by atoms with Crippen LogP contribution in [0.4, 0.5) is 0 Å². The SMILES string of the molecule is c1n[nH]c2c1CCOC21CCN(CC2COCCOC2)CC1. The minimum atomic E-state index is -0.128. The van der Waals surface area contributed by atoms with Crippen LogP contribution in [0, 0.1) is 5.92 Å². The second-order valence-electron chi connectivity index (χ2n) is 6.68. The molecule has 6 heteroatoms. The number of aromatic amines is 1. The first-order valence-corrected chi connectivity index (χ1v) is 8.40. The highest BCUT2D eigenvalue weighted by atomic mass is 16.5. The van der Waals surface area contributed by atoms with Crippen LogP contribution in [0.1, 0.15) is 24.1 Å². The Kier molecular flexibility index (Phi) is 4.17. The molecule has 0 radical (unpaired) electrons. The lowest BCUT2D eigenvalue weighted by Gasteiger charge is -2.44. The lowest BCUT2D eigenvalue weighted by atomic mass is 9.83. The van der Waals surface area contributed by atoms with Crippen LogP contribution >= 0.6 is 0 Å². The average Bonchev–Trinajstić information content (AvgIpc) is 2.89. The lowest BCUT2D eigenvalue weighted by molar-refractivity contribution is -0.103. The first kappa shape index (κ1) is 14.6. The van der Waals surface area contributed by atoms with Crippen LogP contribution in [0.3, 0.4) is 0 Å². The molecule has 0 saturated carbocycles.